The number of aryl methyl sites for hydroxylation is 2. The number of benzene rings is 1. The van der Waals surface area contributed by atoms with E-state index < -0.39 is 5.97 Å². The highest BCUT2D eigenvalue weighted by Gasteiger charge is 2.26. The number of furan rings is 1. The quantitative estimate of drug-likeness (QED) is 0.770. The summed E-state index contributed by atoms with van der Waals surface area (Å²) >= 11 is 0. The molecule has 1 aliphatic heterocycles. The summed E-state index contributed by atoms with van der Waals surface area (Å²) in [7, 11) is 0. The molecule has 0 saturated carbocycles. The van der Waals surface area contributed by atoms with Crippen LogP contribution in [0.3, 0.4) is 0 Å². The van der Waals surface area contributed by atoms with Crippen molar-refractivity contribution >= 4 is 17.8 Å². The topological polar surface area (TPSA) is 80.1 Å². The zero-order chi connectivity index (χ0) is 19.4. The summed E-state index contributed by atoms with van der Waals surface area (Å²) in [5.41, 5.74) is 2.37. The Bertz CT molecular complexity index is 816. The molecule has 7 nitrogen and oxygen atoms in total. The molecule has 0 atom stereocenters. The Morgan fingerprint density at radius 2 is 1.63 bits per heavy atom. The lowest BCUT2D eigenvalue weighted by molar-refractivity contribution is -0.136. The van der Waals surface area contributed by atoms with Crippen molar-refractivity contribution in [2.75, 3.05) is 32.8 Å². The van der Waals surface area contributed by atoms with Crippen LogP contribution in [0.4, 0.5) is 0 Å². The molecular weight excluding hydrogens is 348 g/mol. The maximum atomic E-state index is 12.3. The minimum atomic E-state index is -0.512. The minimum absolute atomic E-state index is 0.187. The molecule has 1 aliphatic rings. The molecule has 0 bridgehead atoms. The van der Waals surface area contributed by atoms with Crippen molar-refractivity contribution in [1.82, 2.24) is 9.80 Å². The summed E-state index contributed by atoms with van der Waals surface area (Å²) < 4.78 is 10.3. The first kappa shape index (κ1) is 18.7. The van der Waals surface area contributed by atoms with Crippen LogP contribution in [-0.4, -0.2) is 60.4 Å². The van der Waals surface area contributed by atoms with Crippen molar-refractivity contribution in [3.63, 3.8) is 0 Å². The van der Waals surface area contributed by atoms with Crippen LogP contribution in [0.2, 0.25) is 0 Å². The molecule has 27 heavy (non-hydrogen) atoms. The molecule has 1 saturated heterocycles. The summed E-state index contributed by atoms with van der Waals surface area (Å²) in [5, 5.41) is 0. The van der Waals surface area contributed by atoms with Gasteiger partial charge < -0.3 is 19.0 Å². The predicted octanol–water partition coefficient (Wildman–Crippen LogP) is 2.04. The van der Waals surface area contributed by atoms with Crippen molar-refractivity contribution in [3.8, 4) is 0 Å². The van der Waals surface area contributed by atoms with Crippen molar-refractivity contribution in [2.24, 2.45) is 0 Å². The van der Waals surface area contributed by atoms with Gasteiger partial charge in [-0.15, -0.1) is 0 Å². The van der Waals surface area contributed by atoms with Crippen LogP contribution >= 0.6 is 0 Å². The molecule has 2 amide bonds. The number of nitrogens with zero attached hydrogens (tertiary/aromatic N) is 2. The van der Waals surface area contributed by atoms with Crippen molar-refractivity contribution in [1.29, 1.82) is 0 Å². The average molecular weight is 370 g/mol. The van der Waals surface area contributed by atoms with Crippen LogP contribution in [0.15, 0.2) is 41.0 Å². The highest BCUT2D eigenvalue weighted by atomic mass is 16.5. The summed E-state index contributed by atoms with van der Waals surface area (Å²) in [6.07, 6.45) is 1.46. The molecule has 2 heterocycles. The Morgan fingerprint density at radius 1 is 1.00 bits per heavy atom. The predicted molar refractivity (Wildman–Crippen MR) is 97.4 cm³/mol. The number of carbonyl (C=O) groups is 3. The van der Waals surface area contributed by atoms with Gasteiger partial charge in [-0.3, -0.25) is 9.59 Å². The second kappa shape index (κ2) is 8.07. The first-order valence-corrected chi connectivity index (χ1v) is 8.80. The van der Waals surface area contributed by atoms with Gasteiger partial charge in [0.2, 0.25) is 0 Å². The molecule has 1 aromatic carbocycles. The molecule has 0 unspecified atom stereocenters. The van der Waals surface area contributed by atoms with Crippen molar-refractivity contribution in [2.45, 2.75) is 13.8 Å². The number of rotatable bonds is 4. The molecule has 0 radical (unpaired) electrons. The lowest BCUT2D eigenvalue weighted by Crippen LogP contribution is -2.51. The van der Waals surface area contributed by atoms with Gasteiger partial charge in [0.15, 0.2) is 12.4 Å². The second-order valence-electron chi connectivity index (χ2n) is 6.60. The molecule has 0 N–H and O–H groups in total. The number of piperazine rings is 1. The highest BCUT2D eigenvalue weighted by molar-refractivity contribution is 5.92. The smallest absolute Gasteiger partial charge is 0.338 e. The van der Waals surface area contributed by atoms with Gasteiger partial charge in [0.05, 0.1) is 11.8 Å². The van der Waals surface area contributed by atoms with Crippen LogP contribution < -0.4 is 0 Å². The molecular formula is C20H22N2O5. The molecule has 1 fully saturated rings. The Labute approximate surface area is 157 Å². The van der Waals surface area contributed by atoms with E-state index in [-0.39, 0.29) is 24.2 Å². The number of amides is 2. The van der Waals surface area contributed by atoms with E-state index in [2.05, 4.69) is 0 Å². The Balaban J connectivity index is 1.48. The summed E-state index contributed by atoms with van der Waals surface area (Å²) in [5.74, 6) is -0.676. The van der Waals surface area contributed by atoms with Gasteiger partial charge in [-0.1, -0.05) is 17.2 Å². The Kier molecular flexibility index (Phi) is 5.59. The monoisotopic (exact) mass is 370 g/mol. The van der Waals surface area contributed by atoms with Crippen molar-refractivity contribution in [3.05, 3.63) is 59.0 Å². The summed E-state index contributed by atoms with van der Waals surface area (Å²) in [4.78, 5) is 39.9. The van der Waals surface area contributed by atoms with Crippen molar-refractivity contribution < 1.29 is 23.5 Å². The first-order valence-electron chi connectivity index (χ1n) is 8.80. The Morgan fingerprint density at radius 3 is 2.22 bits per heavy atom. The third-order valence-electron chi connectivity index (χ3n) is 4.44. The summed E-state index contributed by atoms with van der Waals surface area (Å²) in [6.45, 7) is 5.11. The largest absolute Gasteiger partial charge is 0.459 e. The molecule has 0 aliphatic carbocycles. The van der Waals surface area contributed by atoms with Gasteiger partial charge in [-0.2, -0.15) is 0 Å². The van der Waals surface area contributed by atoms with E-state index in [1.165, 1.54) is 6.26 Å². The van der Waals surface area contributed by atoms with E-state index in [1.54, 1.807) is 34.1 Å². The lowest BCUT2D eigenvalue weighted by Gasteiger charge is -2.34. The zero-order valence-corrected chi connectivity index (χ0v) is 15.4. The van der Waals surface area contributed by atoms with Gasteiger partial charge >= 0.3 is 5.97 Å². The van der Waals surface area contributed by atoms with E-state index in [0.717, 1.165) is 11.1 Å². The van der Waals surface area contributed by atoms with Crippen LogP contribution in [0.25, 0.3) is 0 Å². The average Bonchev–Trinajstić information content (AvgIpc) is 3.19. The van der Waals surface area contributed by atoms with Gasteiger partial charge in [-0.25, -0.2) is 4.79 Å². The van der Waals surface area contributed by atoms with E-state index in [1.807, 2.05) is 19.9 Å². The van der Waals surface area contributed by atoms with Crippen LogP contribution in [-0.2, 0) is 9.53 Å². The third kappa shape index (κ3) is 4.55. The Hall–Kier alpha value is -3.09. The molecule has 0 spiro atoms. The van der Waals surface area contributed by atoms with Crippen LogP contribution in [0.1, 0.15) is 32.0 Å². The fraction of sp³-hybridized carbons (Fsp3) is 0.350. The maximum absolute atomic E-state index is 12.3. The normalized spacial score (nSPS) is 14.1. The fourth-order valence-electron chi connectivity index (χ4n) is 3.11. The first-order chi connectivity index (χ1) is 12.9. The second-order valence-corrected chi connectivity index (χ2v) is 6.60. The number of hydrogen-bond acceptors (Lipinski definition) is 5. The molecule has 3 rings (SSSR count). The molecule has 1 aromatic heterocycles. The van der Waals surface area contributed by atoms with E-state index in [9.17, 15) is 14.4 Å². The van der Waals surface area contributed by atoms with Gasteiger partial charge in [0.1, 0.15) is 0 Å². The maximum Gasteiger partial charge on any atom is 0.338 e. The standard InChI is InChI=1S/C20H22N2O5/c1-14-10-15(2)12-16(11-14)20(25)27-13-18(23)21-5-7-22(8-6-21)19(24)17-4-3-9-26-17/h3-4,9-12H,5-8,13H2,1-2H3. The number of hydrogen-bond donors (Lipinski definition) is 0. The molecule has 7 heteroatoms. The lowest BCUT2D eigenvalue weighted by atomic mass is 10.1. The number of esters is 1. The highest BCUT2D eigenvalue weighted by Crippen LogP contribution is 2.12. The molecule has 142 valence electrons. The minimum Gasteiger partial charge on any atom is -0.459 e. The van der Waals surface area contributed by atoms with E-state index in [0.29, 0.717) is 31.7 Å². The van der Waals surface area contributed by atoms with Crippen LogP contribution in [0.5, 0.6) is 0 Å². The fourth-order valence-corrected chi connectivity index (χ4v) is 3.11. The van der Waals surface area contributed by atoms with Gasteiger partial charge in [-0.05, 0) is 38.1 Å². The van der Waals surface area contributed by atoms with E-state index in [4.69, 9.17) is 9.15 Å². The zero-order valence-electron chi connectivity index (χ0n) is 15.4. The number of carbonyl (C=O) groups excluding carboxylic acids is 3. The summed E-state index contributed by atoms with van der Waals surface area (Å²) in [6, 6.07) is 8.71. The SMILES string of the molecule is Cc1cc(C)cc(C(=O)OCC(=O)N2CCN(C(=O)c3ccco3)CC2)c1. The molecule has 2 aromatic rings. The van der Waals surface area contributed by atoms with E-state index >= 15 is 0 Å². The van der Waals surface area contributed by atoms with Gasteiger partial charge in [0, 0.05) is 26.2 Å². The number of ether oxygens (including phenoxy) is 1. The van der Waals surface area contributed by atoms with Gasteiger partial charge in [0.25, 0.3) is 11.8 Å². The third-order valence-corrected chi connectivity index (χ3v) is 4.44. The van der Waals surface area contributed by atoms with Crippen LogP contribution in [0, 0.1) is 13.8 Å².